The maximum atomic E-state index is 12.7. The van der Waals surface area contributed by atoms with Crippen molar-refractivity contribution in [3.8, 4) is 0 Å². The fraction of sp³-hybridized carbons (Fsp3) is 0.500. The van der Waals surface area contributed by atoms with Crippen molar-refractivity contribution in [2.75, 3.05) is 0 Å². The van der Waals surface area contributed by atoms with Gasteiger partial charge in [0.25, 0.3) is 0 Å². The number of rotatable bonds is 6. The highest BCUT2D eigenvalue weighted by Crippen LogP contribution is 2.25. The van der Waals surface area contributed by atoms with Crippen LogP contribution in [0.5, 0.6) is 0 Å². The molecule has 1 heterocycles. The first-order valence-corrected chi connectivity index (χ1v) is 9.60. The molecule has 1 aromatic carbocycles. The molecule has 1 aliphatic carbocycles. The molecule has 0 radical (unpaired) electrons. The number of benzene rings is 1. The minimum Gasteiger partial charge on any atom is -0.212 e. The Kier molecular flexibility index (Phi) is 5.07. The second-order valence-corrected chi connectivity index (χ2v) is 7.96. The Labute approximate surface area is 137 Å². The Hall–Kier alpha value is -1.73. The van der Waals surface area contributed by atoms with Gasteiger partial charge in [-0.05, 0) is 18.4 Å². The van der Waals surface area contributed by atoms with Gasteiger partial charge in [-0.15, -0.1) is 0 Å². The van der Waals surface area contributed by atoms with Gasteiger partial charge in [0.15, 0.2) is 0 Å². The fourth-order valence-electron chi connectivity index (χ4n) is 3.07. The van der Waals surface area contributed by atoms with Gasteiger partial charge in [-0.25, -0.2) is 13.1 Å². The lowest BCUT2D eigenvalue weighted by atomic mass is 10.0. The van der Waals surface area contributed by atoms with Crippen molar-refractivity contribution in [1.82, 2.24) is 19.7 Å². The standard InChI is InChI=1S/C16H22N4O2S/c21-23(22,15-9-5-2-6-10-15)19-16(13-20-17-11-12-18-20)14-7-3-1-4-8-14/h1,3-4,7-8,11-12,15-16,19H,2,5-6,9-10,13H2. The number of hydrogen-bond acceptors (Lipinski definition) is 4. The molecule has 0 saturated heterocycles. The Morgan fingerprint density at radius 3 is 2.39 bits per heavy atom. The molecule has 124 valence electrons. The van der Waals surface area contributed by atoms with Crippen LogP contribution in [0.1, 0.15) is 43.7 Å². The highest BCUT2D eigenvalue weighted by atomic mass is 32.2. The lowest BCUT2D eigenvalue weighted by molar-refractivity contribution is 0.431. The molecule has 0 bridgehead atoms. The van der Waals surface area contributed by atoms with Crippen molar-refractivity contribution in [3.05, 3.63) is 48.3 Å². The summed E-state index contributed by atoms with van der Waals surface area (Å²) in [6, 6.07) is 9.23. The fourth-order valence-corrected chi connectivity index (χ4v) is 4.82. The molecule has 1 fully saturated rings. The van der Waals surface area contributed by atoms with E-state index in [1.807, 2.05) is 30.3 Å². The molecular formula is C16H22N4O2S. The minimum atomic E-state index is -3.35. The number of hydrogen-bond donors (Lipinski definition) is 1. The minimum absolute atomic E-state index is 0.284. The van der Waals surface area contributed by atoms with Gasteiger partial charge in [0.05, 0.1) is 30.2 Å². The summed E-state index contributed by atoms with van der Waals surface area (Å²) in [4.78, 5) is 1.51. The summed E-state index contributed by atoms with van der Waals surface area (Å²) < 4.78 is 28.4. The van der Waals surface area contributed by atoms with Crippen LogP contribution in [0.4, 0.5) is 0 Å². The third kappa shape index (κ3) is 4.17. The lowest BCUT2D eigenvalue weighted by Crippen LogP contribution is -2.39. The van der Waals surface area contributed by atoms with Crippen LogP contribution in [0.2, 0.25) is 0 Å². The van der Waals surface area contributed by atoms with E-state index < -0.39 is 10.0 Å². The van der Waals surface area contributed by atoms with Gasteiger partial charge in [-0.2, -0.15) is 15.0 Å². The van der Waals surface area contributed by atoms with E-state index >= 15 is 0 Å². The Balaban J connectivity index is 1.80. The summed E-state index contributed by atoms with van der Waals surface area (Å²) in [7, 11) is -3.35. The van der Waals surface area contributed by atoms with Gasteiger partial charge in [-0.1, -0.05) is 49.6 Å². The summed E-state index contributed by atoms with van der Waals surface area (Å²) in [6.45, 7) is 0.378. The molecule has 23 heavy (non-hydrogen) atoms. The zero-order valence-corrected chi connectivity index (χ0v) is 13.8. The van der Waals surface area contributed by atoms with Gasteiger partial charge >= 0.3 is 0 Å². The van der Waals surface area contributed by atoms with Crippen LogP contribution in [0.3, 0.4) is 0 Å². The molecule has 0 aliphatic heterocycles. The van der Waals surface area contributed by atoms with E-state index in [2.05, 4.69) is 14.9 Å². The number of nitrogens with zero attached hydrogens (tertiary/aromatic N) is 3. The van der Waals surface area contributed by atoms with E-state index in [1.54, 1.807) is 12.4 Å². The van der Waals surface area contributed by atoms with E-state index in [-0.39, 0.29) is 11.3 Å². The smallest absolute Gasteiger partial charge is 0.212 e. The molecule has 1 aliphatic rings. The number of sulfonamides is 1. The molecule has 1 saturated carbocycles. The molecule has 3 rings (SSSR count). The molecule has 1 aromatic heterocycles. The van der Waals surface area contributed by atoms with Crippen molar-refractivity contribution in [2.24, 2.45) is 0 Å². The van der Waals surface area contributed by atoms with Gasteiger partial charge in [0.2, 0.25) is 10.0 Å². The Morgan fingerprint density at radius 2 is 1.74 bits per heavy atom. The van der Waals surface area contributed by atoms with E-state index in [9.17, 15) is 8.42 Å². The molecule has 1 atom stereocenters. The van der Waals surface area contributed by atoms with Crippen LogP contribution in [-0.2, 0) is 16.6 Å². The molecule has 7 heteroatoms. The third-order valence-electron chi connectivity index (χ3n) is 4.31. The molecular weight excluding hydrogens is 312 g/mol. The van der Waals surface area contributed by atoms with E-state index in [0.717, 1.165) is 37.7 Å². The summed E-state index contributed by atoms with van der Waals surface area (Å²) in [5.41, 5.74) is 0.921. The van der Waals surface area contributed by atoms with Gasteiger partial charge in [-0.3, -0.25) is 0 Å². The predicted molar refractivity (Wildman–Crippen MR) is 88.1 cm³/mol. The van der Waals surface area contributed by atoms with Gasteiger partial charge in [0, 0.05) is 0 Å². The Bertz CT molecular complexity index is 695. The molecule has 6 nitrogen and oxygen atoms in total. The quantitative estimate of drug-likeness (QED) is 0.879. The molecule has 0 spiro atoms. The van der Waals surface area contributed by atoms with Crippen LogP contribution >= 0.6 is 0 Å². The van der Waals surface area contributed by atoms with Crippen LogP contribution in [0.15, 0.2) is 42.7 Å². The van der Waals surface area contributed by atoms with Gasteiger partial charge in [0.1, 0.15) is 0 Å². The zero-order chi connectivity index (χ0) is 16.1. The largest absolute Gasteiger partial charge is 0.215 e. The SMILES string of the molecule is O=S(=O)(NC(Cn1nccn1)c1ccccc1)C1CCCCC1. The van der Waals surface area contributed by atoms with Crippen LogP contribution in [-0.4, -0.2) is 28.7 Å². The van der Waals surface area contributed by atoms with Crippen LogP contribution < -0.4 is 4.72 Å². The number of aromatic nitrogens is 3. The molecule has 1 unspecified atom stereocenters. The highest BCUT2D eigenvalue weighted by molar-refractivity contribution is 7.90. The lowest BCUT2D eigenvalue weighted by Gasteiger charge is -2.25. The van der Waals surface area contributed by atoms with Crippen molar-refractivity contribution in [1.29, 1.82) is 0 Å². The molecule has 0 amide bonds. The summed E-state index contributed by atoms with van der Waals surface area (Å²) in [5, 5.41) is 7.91. The van der Waals surface area contributed by atoms with Crippen molar-refractivity contribution >= 4 is 10.0 Å². The predicted octanol–water partition coefficient (Wildman–Crippen LogP) is 2.27. The summed E-state index contributed by atoms with van der Waals surface area (Å²) in [6.07, 6.45) is 7.79. The Morgan fingerprint density at radius 1 is 1.09 bits per heavy atom. The van der Waals surface area contributed by atoms with Gasteiger partial charge < -0.3 is 0 Å². The van der Waals surface area contributed by atoms with Crippen molar-refractivity contribution < 1.29 is 8.42 Å². The average Bonchev–Trinajstić information content (AvgIpc) is 3.09. The zero-order valence-electron chi connectivity index (χ0n) is 13.0. The highest BCUT2D eigenvalue weighted by Gasteiger charge is 2.30. The summed E-state index contributed by atoms with van der Waals surface area (Å²) >= 11 is 0. The average molecular weight is 334 g/mol. The maximum Gasteiger partial charge on any atom is 0.215 e. The van der Waals surface area contributed by atoms with Crippen LogP contribution in [0, 0.1) is 0 Å². The summed E-state index contributed by atoms with van der Waals surface area (Å²) in [5.74, 6) is 0. The second kappa shape index (κ2) is 7.23. The molecule has 2 aromatic rings. The van der Waals surface area contributed by atoms with Crippen LogP contribution in [0.25, 0.3) is 0 Å². The monoisotopic (exact) mass is 334 g/mol. The van der Waals surface area contributed by atoms with E-state index in [4.69, 9.17) is 0 Å². The topological polar surface area (TPSA) is 76.9 Å². The normalized spacial score (nSPS) is 17.9. The number of nitrogens with one attached hydrogen (secondary N) is 1. The third-order valence-corrected chi connectivity index (χ3v) is 6.27. The van der Waals surface area contributed by atoms with Crippen molar-refractivity contribution in [3.63, 3.8) is 0 Å². The van der Waals surface area contributed by atoms with Crippen molar-refractivity contribution in [2.45, 2.75) is 49.9 Å². The first-order valence-electron chi connectivity index (χ1n) is 8.05. The molecule has 1 N–H and O–H groups in total. The van der Waals surface area contributed by atoms with E-state index in [0.29, 0.717) is 6.54 Å². The maximum absolute atomic E-state index is 12.7. The second-order valence-electron chi connectivity index (χ2n) is 5.97. The van der Waals surface area contributed by atoms with E-state index in [1.165, 1.54) is 4.80 Å². The first kappa shape index (κ1) is 16.1. The first-order chi connectivity index (χ1) is 11.1.